The summed E-state index contributed by atoms with van der Waals surface area (Å²) in [4.78, 5) is 0. The van der Waals surface area contributed by atoms with Crippen molar-refractivity contribution in [1.29, 1.82) is 5.26 Å². The Labute approximate surface area is 186 Å². The second-order valence-corrected chi connectivity index (χ2v) is 10.5. The van der Waals surface area contributed by atoms with Crippen LogP contribution in [-0.2, 0) is 6.42 Å². The molecule has 0 aliphatic heterocycles. The van der Waals surface area contributed by atoms with Gasteiger partial charge in [0.25, 0.3) is 0 Å². The zero-order valence-electron chi connectivity index (χ0n) is 19.7. The molecular weight excluding hydrogens is 362 g/mol. The minimum absolute atomic E-state index is 0.206. The molecule has 0 heterocycles. The van der Waals surface area contributed by atoms with E-state index < -0.39 is 0 Å². The average Bonchev–Trinajstić information content (AvgIpc) is 2.79. The van der Waals surface area contributed by atoms with Crippen molar-refractivity contribution in [3.05, 3.63) is 35.4 Å². The molecule has 0 N–H and O–H groups in total. The summed E-state index contributed by atoms with van der Waals surface area (Å²) in [5, 5.41) is 9.82. The molecule has 2 aliphatic rings. The van der Waals surface area contributed by atoms with Gasteiger partial charge in [0.05, 0.1) is 12.0 Å². The molecule has 0 amide bonds. The molecule has 1 atom stereocenters. The van der Waals surface area contributed by atoms with E-state index in [9.17, 15) is 5.26 Å². The van der Waals surface area contributed by atoms with E-state index in [1.165, 1.54) is 95.5 Å². The maximum Gasteiger partial charge on any atom is 0.0662 e. The maximum atomic E-state index is 9.82. The van der Waals surface area contributed by atoms with Gasteiger partial charge in [-0.15, -0.1) is 0 Å². The number of hydrogen-bond donors (Lipinski definition) is 0. The fraction of sp³-hybridized carbons (Fsp3) is 0.759. The lowest BCUT2D eigenvalue weighted by molar-refractivity contribution is 0.223. The van der Waals surface area contributed by atoms with Crippen molar-refractivity contribution < 1.29 is 0 Å². The molecule has 1 nitrogen and oxygen atoms in total. The Morgan fingerprint density at radius 1 is 0.800 bits per heavy atom. The van der Waals surface area contributed by atoms with Gasteiger partial charge >= 0.3 is 0 Å². The Morgan fingerprint density at radius 3 is 2.03 bits per heavy atom. The fourth-order valence-corrected chi connectivity index (χ4v) is 6.25. The smallest absolute Gasteiger partial charge is 0.0662 e. The van der Waals surface area contributed by atoms with Gasteiger partial charge in [-0.05, 0) is 79.7 Å². The van der Waals surface area contributed by atoms with Crippen molar-refractivity contribution in [2.45, 2.75) is 116 Å². The molecule has 1 aromatic carbocycles. The van der Waals surface area contributed by atoms with E-state index in [2.05, 4.69) is 44.2 Å². The summed E-state index contributed by atoms with van der Waals surface area (Å²) in [5.41, 5.74) is 2.91. The molecule has 30 heavy (non-hydrogen) atoms. The summed E-state index contributed by atoms with van der Waals surface area (Å²) < 4.78 is 0. The van der Waals surface area contributed by atoms with Crippen LogP contribution in [0.1, 0.15) is 121 Å². The van der Waals surface area contributed by atoms with Gasteiger partial charge in [-0.1, -0.05) is 89.5 Å². The molecule has 0 spiro atoms. The second kappa shape index (κ2) is 12.5. The Kier molecular flexibility index (Phi) is 9.77. The fourth-order valence-electron chi connectivity index (χ4n) is 6.25. The molecule has 1 heteroatoms. The monoisotopic (exact) mass is 407 g/mol. The Morgan fingerprint density at radius 2 is 1.43 bits per heavy atom. The third kappa shape index (κ3) is 6.87. The summed E-state index contributed by atoms with van der Waals surface area (Å²) in [6.07, 6.45) is 20.1. The van der Waals surface area contributed by atoms with Crippen LogP contribution in [0.2, 0.25) is 0 Å². The van der Waals surface area contributed by atoms with Crippen molar-refractivity contribution in [2.24, 2.45) is 23.7 Å². The quantitative estimate of drug-likeness (QED) is 0.355. The number of hydrogen-bond acceptors (Lipinski definition) is 1. The first-order valence-electron chi connectivity index (χ1n) is 13.2. The van der Waals surface area contributed by atoms with E-state index in [1.807, 2.05) is 0 Å². The van der Waals surface area contributed by atoms with E-state index in [0.29, 0.717) is 5.92 Å². The highest BCUT2D eigenvalue weighted by Crippen LogP contribution is 2.39. The molecule has 2 saturated carbocycles. The first-order chi connectivity index (χ1) is 14.7. The Hall–Kier alpha value is -1.29. The van der Waals surface area contributed by atoms with Crippen LogP contribution in [0.3, 0.4) is 0 Å². The molecule has 166 valence electrons. The summed E-state index contributed by atoms with van der Waals surface area (Å²) >= 11 is 0. The van der Waals surface area contributed by atoms with Gasteiger partial charge in [-0.25, -0.2) is 0 Å². The lowest BCUT2D eigenvalue weighted by Gasteiger charge is -2.31. The molecule has 2 fully saturated rings. The highest BCUT2D eigenvalue weighted by atomic mass is 14.4. The van der Waals surface area contributed by atoms with Crippen molar-refractivity contribution in [1.82, 2.24) is 0 Å². The van der Waals surface area contributed by atoms with Crippen molar-refractivity contribution in [3.8, 4) is 6.07 Å². The topological polar surface area (TPSA) is 23.8 Å². The van der Waals surface area contributed by atoms with Crippen LogP contribution in [-0.4, -0.2) is 0 Å². The SMILES string of the molecule is CCCCC[C@H]1CC[C@H](c2ccc(CC(C#N)[C@H]3CC[C@H](CCC)CC3)cc2)CC1. The van der Waals surface area contributed by atoms with Crippen LogP contribution in [0.25, 0.3) is 0 Å². The number of nitriles is 1. The van der Waals surface area contributed by atoms with Crippen LogP contribution in [0.5, 0.6) is 0 Å². The zero-order chi connectivity index (χ0) is 21.2. The van der Waals surface area contributed by atoms with Crippen LogP contribution >= 0.6 is 0 Å². The van der Waals surface area contributed by atoms with E-state index >= 15 is 0 Å². The van der Waals surface area contributed by atoms with Crippen molar-refractivity contribution in [2.75, 3.05) is 0 Å². The van der Waals surface area contributed by atoms with Crippen LogP contribution in [0, 0.1) is 35.0 Å². The third-order valence-electron chi connectivity index (χ3n) is 8.29. The number of benzene rings is 1. The van der Waals surface area contributed by atoms with E-state index in [1.54, 1.807) is 5.56 Å². The number of rotatable bonds is 10. The normalized spacial score (nSPS) is 28.0. The molecule has 0 aromatic heterocycles. The van der Waals surface area contributed by atoms with Crippen molar-refractivity contribution in [3.63, 3.8) is 0 Å². The molecule has 1 aromatic rings. The molecule has 0 bridgehead atoms. The maximum absolute atomic E-state index is 9.82. The standard InChI is InChI=1S/C29H45N/c1-3-5-6-8-24-11-15-26(16-12-24)27-19-13-25(14-20-27)21-29(22-30)28-17-9-23(7-4-2)10-18-28/h13-14,19-20,23-24,26,28-29H,3-12,15-18,21H2,1-2H3/t23-,24-,26-,28-,29?. The van der Waals surface area contributed by atoms with E-state index in [4.69, 9.17) is 0 Å². The van der Waals surface area contributed by atoms with Gasteiger partial charge in [0.15, 0.2) is 0 Å². The van der Waals surface area contributed by atoms with Gasteiger partial charge in [-0.2, -0.15) is 5.26 Å². The molecule has 0 saturated heterocycles. The first kappa shape index (κ1) is 23.4. The summed E-state index contributed by atoms with van der Waals surface area (Å²) in [6, 6.07) is 12.1. The molecule has 3 rings (SSSR count). The number of unbranched alkanes of at least 4 members (excludes halogenated alkanes) is 2. The molecule has 2 aliphatic carbocycles. The third-order valence-corrected chi connectivity index (χ3v) is 8.29. The lowest BCUT2D eigenvalue weighted by Crippen LogP contribution is -2.22. The first-order valence-corrected chi connectivity index (χ1v) is 13.2. The average molecular weight is 408 g/mol. The minimum Gasteiger partial charge on any atom is -0.198 e. The summed E-state index contributed by atoms with van der Waals surface area (Å²) in [7, 11) is 0. The van der Waals surface area contributed by atoms with Crippen LogP contribution < -0.4 is 0 Å². The molecule has 1 unspecified atom stereocenters. The predicted octanol–water partition coefficient (Wildman–Crippen LogP) is 8.83. The highest BCUT2D eigenvalue weighted by molar-refractivity contribution is 5.26. The molecular formula is C29H45N. The summed E-state index contributed by atoms with van der Waals surface area (Å²) in [5.74, 6) is 3.49. The largest absolute Gasteiger partial charge is 0.198 e. The van der Waals surface area contributed by atoms with Gasteiger partial charge < -0.3 is 0 Å². The molecule has 0 radical (unpaired) electrons. The second-order valence-electron chi connectivity index (χ2n) is 10.5. The predicted molar refractivity (Wildman–Crippen MR) is 128 cm³/mol. The summed E-state index contributed by atoms with van der Waals surface area (Å²) in [6.45, 7) is 4.60. The van der Waals surface area contributed by atoms with Gasteiger partial charge in [0.2, 0.25) is 0 Å². The zero-order valence-corrected chi connectivity index (χ0v) is 19.7. The van der Waals surface area contributed by atoms with Crippen LogP contribution in [0.15, 0.2) is 24.3 Å². The highest BCUT2D eigenvalue weighted by Gasteiger charge is 2.27. The Bertz CT molecular complexity index is 623. The van der Waals surface area contributed by atoms with Gasteiger partial charge in [-0.3, -0.25) is 0 Å². The number of nitrogens with zero attached hydrogens (tertiary/aromatic N) is 1. The van der Waals surface area contributed by atoms with E-state index in [0.717, 1.165) is 24.2 Å². The van der Waals surface area contributed by atoms with E-state index in [-0.39, 0.29) is 5.92 Å². The van der Waals surface area contributed by atoms with Gasteiger partial charge in [0, 0.05) is 0 Å². The van der Waals surface area contributed by atoms with Gasteiger partial charge in [0.1, 0.15) is 0 Å². The minimum atomic E-state index is 0.206. The lowest BCUT2D eigenvalue weighted by atomic mass is 9.73. The van der Waals surface area contributed by atoms with Crippen LogP contribution in [0.4, 0.5) is 0 Å². The Balaban J connectivity index is 1.46. The van der Waals surface area contributed by atoms with Crippen molar-refractivity contribution >= 4 is 0 Å².